The Kier molecular flexibility index (Phi) is 13.6. The molecule has 0 spiro atoms. The number of carbonyl (C=O) groups excluding carboxylic acids is 3. The lowest BCUT2D eigenvalue weighted by Gasteiger charge is -2.29. The highest BCUT2D eigenvalue weighted by atomic mass is 32.2. The van der Waals surface area contributed by atoms with E-state index in [9.17, 15) is 24.1 Å². The molecule has 0 saturated carbocycles. The standard InChI is InChI=1S/C22H35N2O8PS/c1-22(2,16-32-33(29,30)31)20(27)21(28)24-12-10-19(26)23-13-15-34-14-11-18(25)9-8-17-6-4-3-5-7-17/h3-7,20,27H,8-16H2,1-2H3,(H,23,26)(H,24,28)(H2,29,30,31)/t20-/m1/s1. The van der Waals surface area contributed by atoms with Crippen LogP contribution in [0.25, 0.3) is 0 Å². The first kappa shape index (κ1) is 30.3. The molecule has 0 bridgehead atoms. The smallest absolute Gasteiger partial charge is 0.383 e. The van der Waals surface area contributed by atoms with Crippen LogP contribution < -0.4 is 10.6 Å². The zero-order valence-electron chi connectivity index (χ0n) is 19.6. The molecule has 1 atom stereocenters. The third kappa shape index (κ3) is 13.8. The van der Waals surface area contributed by atoms with Gasteiger partial charge in [0.25, 0.3) is 0 Å². The Morgan fingerprint density at radius 3 is 2.35 bits per heavy atom. The fraction of sp³-hybridized carbons (Fsp3) is 0.591. The SMILES string of the molecule is CC(C)(COP(=O)(O)O)[C@H](O)C(=O)NCCC(=O)NCCSCCC(=O)CCc1ccccc1. The number of aliphatic hydroxyl groups is 1. The zero-order chi connectivity index (χ0) is 25.6. The first-order valence-corrected chi connectivity index (χ1v) is 13.6. The highest BCUT2D eigenvalue weighted by Gasteiger charge is 2.35. The number of benzene rings is 1. The number of amides is 2. The second kappa shape index (κ2) is 15.3. The van der Waals surface area contributed by atoms with Crippen molar-refractivity contribution in [2.45, 2.75) is 45.6 Å². The minimum absolute atomic E-state index is 0.000214. The van der Waals surface area contributed by atoms with Crippen LogP contribution in [0.3, 0.4) is 0 Å². The van der Waals surface area contributed by atoms with Gasteiger partial charge in [-0.25, -0.2) is 4.57 Å². The summed E-state index contributed by atoms with van der Waals surface area (Å²) in [6.45, 7) is 2.76. The first-order chi connectivity index (χ1) is 15.9. The van der Waals surface area contributed by atoms with Crippen LogP contribution in [-0.2, 0) is 29.9 Å². The number of aryl methyl sites for hydroxylation is 1. The van der Waals surface area contributed by atoms with Crippen LogP contribution in [0.1, 0.15) is 38.7 Å². The molecule has 1 aromatic carbocycles. The molecule has 192 valence electrons. The van der Waals surface area contributed by atoms with Crippen LogP contribution in [0, 0.1) is 5.41 Å². The van der Waals surface area contributed by atoms with Crippen molar-refractivity contribution in [1.82, 2.24) is 10.6 Å². The molecule has 1 rings (SSSR count). The molecule has 1 aromatic rings. The van der Waals surface area contributed by atoms with Crippen molar-refractivity contribution < 1.29 is 38.4 Å². The summed E-state index contributed by atoms with van der Waals surface area (Å²) in [6.07, 6.45) is 0.201. The highest BCUT2D eigenvalue weighted by Crippen LogP contribution is 2.38. The third-order valence-corrected chi connectivity index (χ3v) is 6.32. The Morgan fingerprint density at radius 1 is 1.03 bits per heavy atom. The first-order valence-electron chi connectivity index (χ1n) is 11.0. The number of carbonyl (C=O) groups is 3. The molecular formula is C22H35N2O8PS. The maximum Gasteiger partial charge on any atom is 0.469 e. The molecule has 0 aliphatic carbocycles. The maximum absolute atomic E-state index is 12.0. The van der Waals surface area contributed by atoms with E-state index < -0.39 is 31.9 Å². The Balaban J connectivity index is 2.10. The summed E-state index contributed by atoms with van der Waals surface area (Å²) in [5, 5.41) is 15.2. The van der Waals surface area contributed by atoms with Crippen molar-refractivity contribution in [2.75, 3.05) is 31.2 Å². The van der Waals surface area contributed by atoms with Crippen molar-refractivity contribution >= 4 is 37.2 Å². The molecule has 2 amide bonds. The lowest BCUT2D eigenvalue weighted by molar-refractivity contribution is -0.137. The quantitative estimate of drug-likeness (QED) is 0.152. The Hall–Kier alpha value is -1.75. The lowest BCUT2D eigenvalue weighted by Crippen LogP contribution is -2.46. The monoisotopic (exact) mass is 518 g/mol. The van der Waals surface area contributed by atoms with Gasteiger partial charge in [0.05, 0.1) is 6.61 Å². The average molecular weight is 519 g/mol. The molecule has 0 saturated heterocycles. The molecule has 5 N–H and O–H groups in total. The van der Waals surface area contributed by atoms with Crippen molar-refractivity contribution in [1.29, 1.82) is 0 Å². The Bertz CT molecular complexity index is 831. The number of nitrogens with one attached hydrogen (secondary N) is 2. The number of aliphatic hydroxyl groups excluding tert-OH is 1. The van der Waals surface area contributed by atoms with E-state index in [0.717, 1.165) is 12.0 Å². The van der Waals surface area contributed by atoms with Gasteiger partial charge < -0.3 is 25.5 Å². The fourth-order valence-corrected chi connectivity index (χ4v) is 4.10. The minimum Gasteiger partial charge on any atom is -0.383 e. The van der Waals surface area contributed by atoms with E-state index in [1.165, 1.54) is 13.8 Å². The fourth-order valence-electron chi connectivity index (χ4n) is 2.77. The van der Waals surface area contributed by atoms with Gasteiger partial charge in [-0.2, -0.15) is 11.8 Å². The van der Waals surface area contributed by atoms with E-state index in [2.05, 4.69) is 15.2 Å². The van der Waals surface area contributed by atoms with Gasteiger partial charge in [-0.15, -0.1) is 0 Å². The summed E-state index contributed by atoms with van der Waals surface area (Å²) >= 11 is 1.58. The minimum atomic E-state index is -4.72. The topological polar surface area (TPSA) is 162 Å². The van der Waals surface area contributed by atoms with Crippen LogP contribution in [0.15, 0.2) is 30.3 Å². The molecule has 0 aromatic heterocycles. The summed E-state index contributed by atoms with van der Waals surface area (Å²) in [6, 6.07) is 9.86. The summed E-state index contributed by atoms with van der Waals surface area (Å²) in [7, 11) is -4.72. The van der Waals surface area contributed by atoms with E-state index in [-0.39, 0.29) is 24.7 Å². The van der Waals surface area contributed by atoms with Gasteiger partial charge in [0, 0.05) is 49.3 Å². The summed E-state index contributed by atoms with van der Waals surface area (Å²) in [5.41, 5.74) is -0.0947. The lowest BCUT2D eigenvalue weighted by atomic mass is 9.87. The largest absolute Gasteiger partial charge is 0.469 e. The average Bonchev–Trinajstić information content (AvgIpc) is 2.78. The molecule has 0 heterocycles. The second-order valence-electron chi connectivity index (χ2n) is 8.43. The van der Waals surface area contributed by atoms with E-state index >= 15 is 0 Å². The predicted octanol–water partition coefficient (Wildman–Crippen LogP) is 1.43. The predicted molar refractivity (Wildman–Crippen MR) is 130 cm³/mol. The van der Waals surface area contributed by atoms with Gasteiger partial charge in [0.15, 0.2) is 0 Å². The van der Waals surface area contributed by atoms with Gasteiger partial charge >= 0.3 is 7.82 Å². The summed E-state index contributed by atoms with van der Waals surface area (Å²) in [4.78, 5) is 53.4. The van der Waals surface area contributed by atoms with Crippen LogP contribution >= 0.6 is 19.6 Å². The second-order valence-corrected chi connectivity index (χ2v) is 10.9. The van der Waals surface area contributed by atoms with Crippen molar-refractivity contribution in [3.05, 3.63) is 35.9 Å². The van der Waals surface area contributed by atoms with Gasteiger partial charge in [0.1, 0.15) is 11.9 Å². The normalized spacial score (nSPS) is 12.7. The van der Waals surface area contributed by atoms with Gasteiger partial charge in [-0.1, -0.05) is 44.2 Å². The highest BCUT2D eigenvalue weighted by molar-refractivity contribution is 7.99. The number of phosphoric ester groups is 1. The van der Waals surface area contributed by atoms with E-state index in [1.54, 1.807) is 11.8 Å². The van der Waals surface area contributed by atoms with Crippen LogP contribution in [0.2, 0.25) is 0 Å². The molecule has 12 heteroatoms. The summed E-state index contributed by atoms with van der Waals surface area (Å²) < 4.78 is 15.2. The van der Waals surface area contributed by atoms with E-state index in [4.69, 9.17) is 9.79 Å². The number of phosphoric acid groups is 1. The number of thioether (sulfide) groups is 1. The van der Waals surface area contributed by atoms with Crippen molar-refractivity contribution in [2.24, 2.45) is 5.41 Å². The van der Waals surface area contributed by atoms with E-state index in [0.29, 0.717) is 30.9 Å². The van der Waals surface area contributed by atoms with Gasteiger partial charge in [-0.05, 0) is 12.0 Å². The Morgan fingerprint density at radius 2 is 1.71 bits per heavy atom. The van der Waals surface area contributed by atoms with Gasteiger partial charge in [0.2, 0.25) is 11.8 Å². The van der Waals surface area contributed by atoms with Crippen LogP contribution in [-0.4, -0.2) is 69.8 Å². The number of rotatable bonds is 17. The zero-order valence-corrected chi connectivity index (χ0v) is 21.3. The Labute approximate surface area is 204 Å². The summed E-state index contributed by atoms with van der Waals surface area (Å²) in [5.74, 6) is 0.544. The number of hydrogen-bond donors (Lipinski definition) is 5. The molecule has 0 unspecified atom stereocenters. The third-order valence-electron chi connectivity index (χ3n) is 4.87. The van der Waals surface area contributed by atoms with Crippen LogP contribution in [0.4, 0.5) is 0 Å². The molecule has 0 radical (unpaired) electrons. The molecule has 34 heavy (non-hydrogen) atoms. The number of ketones is 1. The van der Waals surface area contributed by atoms with Gasteiger partial charge in [-0.3, -0.25) is 18.9 Å². The van der Waals surface area contributed by atoms with E-state index in [1.807, 2.05) is 30.3 Å². The van der Waals surface area contributed by atoms with Crippen LogP contribution in [0.5, 0.6) is 0 Å². The number of hydrogen-bond acceptors (Lipinski definition) is 7. The molecule has 0 aliphatic heterocycles. The van der Waals surface area contributed by atoms with Crippen molar-refractivity contribution in [3.8, 4) is 0 Å². The maximum atomic E-state index is 12.0. The molecule has 0 aliphatic rings. The molecule has 0 fully saturated rings. The number of Topliss-reactive ketones (excluding diaryl/α,β-unsaturated/α-hetero) is 1. The molecule has 10 nitrogen and oxygen atoms in total. The molecular weight excluding hydrogens is 483 g/mol. The van der Waals surface area contributed by atoms with Crippen molar-refractivity contribution in [3.63, 3.8) is 0 Å².